The highest BCUT2D eigenvalue weighted by Gasteiger charge is 2.31. The van der Waals surface area contributed by atoms with Crippen LogP contribution in [0.5, 0.6) is 0 Å². The summed E-state index contributed by atoms with van der Waals surface area (Å²) in [6.07, 6.45) is 0.0987. The molecule has 0 aliphatic carbocycles. The number of ether oxygens (including phenoxy) is 1. The van der Waals surface area contributed by atoms with Gasteiger partial charge in [-0.25, -0.2) is 9.48 Å². The smallest absolute Gasteiger partial charge is 0.409 e. The fourth-order valence-electron chi connectivity index (χ4n) is 4.08. The van der Waals surface area contributed by atoms with Gasteiger partial charge in [-0.3, -0.25) is 9.59 Å². The largest absolute Gasteiger partial charge is 0.450 e. The molecular weight excluding hydrogens is 416 g/mol. The predicted octanol–water partition coefficient (Wildman–Crippen LogP) is 3.17. The molecule has 0 unspecified atom stereocenters. The highest BCUT2D eigenvalue weighted by atomic mass is 32.1. The van der Waals surface area contributed by atoms with E-state index in [4.69, 9.17) is 4.74 Å². The van der Waals surface area contributed by atoms with Crippen LogP contribution < -0.4 is 5.56 Å². The van der Waals surface area contributed by atoms with E-state index in [2.05, 4.69) is 5.10 Å². The van der Waals surface area contributed by atoms with Crippen LogP contribution in [0.2, 0.25) is 0 Å². The minimum absolute atomic E-state index is 0.140. The van der Waals surface area contributed by atoms with E-state index in [9.17, 15) is 14.4 Å². The molecular formula is C22H26N4O4S. The van der Waals surface area contributed by atoms with E-state index < -0.39 is 6.04 Å². The van der Waals surface area contributed by atoms with Crippen LogP contribution in [0.1, 0.15) is 32.0 Å². The number of carbonyl (C=O) groups is 2. The van der Waals surface area contributed by atoms with Crippen molar-refractivity contribution in [2.24, 2.45) is 0 Å². The zero-order valence-corrected chi connectivity index (χ0v) is 18.8. The Morgan fingerprint density at radius 1 is 1.13 bits per heavy atom. The van der Waals surface area contributed by atoms with Gasteiger partial charge in [-0.2, -0.15) is 5.10 Å². The predicted molar refractivity (Wildman–Crippen MR) is 121 cm³/mol. The van der Waals surface area contributed by atoms with E-state index >= 15 is 0 Å². The van der Waals surface area contributed by atoms with Crippen LogP contribution in [0.25, 0.3) is 20.2 Å². The van der Waals surface area contributed by atoms with E-state index in [1.54, 1.807) is 28.1 Å². The average molecular weight is 443 g/mol. The first-order chi connectivity index (χ1) is 15.0. The SMILES string of the molecule is CCOC(=O)N1CCN(C(=O)[C@H](CC)n2nc(C)c3sc4ccccc4c3c2=O)CC1. The minimum atomic E-state index is -0.677. The van der Waals surface area contributed by atoms with Crippen molar-refractivity contribution in [2.75, 3.05) is 32.8 Å². The summed E-state index contributed by atoms with van der Waals surface area (Å²) in [4.78, 5) is 42.0. The molecule has 0 spiro atoms. The quantitative estimate of drug-likeness (QED) is 0.620. The molecule has 3 aromatic rings. The number of carbonyl (C=O) groups excluding carboxylic acids is 2. The number of hydrogen-bond acceptors (Lipinski definition) is 6. The zero-order valence-electron chi connectivity index (χ0n) is 18.0. The van der Waals surface area contributed by atoms with Crippen molar-refractivity contribution in [3.63, 3.8) is 0 Å². The first-order valence-electron chi connectivity index (χ1n) is 10.6. The van der Waals surface area contributed by atoms with Crippen molar-refractivity contribution in [3.05, 3.63) is 40.3 Å². The fraction of sp³-hybridized carbons (Fsp3) is 0.455. The number of rotatable bonds is 4. The summed E-state index contributed by atoms with van der Waals surface area (Å²) in [5.74, 6) is -0.140. The normalized spacial score (nSPS) is 15.5. The Kier molecular flexibility index (Phi) is 5.95. The zero-order chi connectivity index (χ0) is 22.1. The third-order valence-electron chi connectivity index (χ3n) is 5.69. The maximum absolute atomic E-state index is 13.4. The summed E-state index contributed by atoms with van der Waals surface area (Å²) in [5.41, 5.74) is 0.512. The molecule has 1 aromatic carbocycles. The first kappa shape index (κ1) is 21.3. The van der Waals surface area contributed by atoms with E-state index in [1.165, 1.54) is 4.68 Å². The maximum Gasteiger partial charge on any atom is 0.409 e. The lowest BCUT2D eigenvalue weighted by atomic mass is 10.1. The van der Waals surface area contributed by atoms with Gasteiger partial charge in [0.05, 0.1) is 22.4 Å². The van der Waals surface area contributed by atoms with Gasteiger partial charge in [0, 0.05) is 36.3 Å². The van der Waals surface area contributed by atoms with Gasteiger partial charge < -0.3 is 14.5 Å². The molecule has 9 heteroatoms. The van der Waals surface area contributed by atoms with Gasteiger partial charge in [0.2, 0.25) is 5.91 Å². The third kappa shape index (κ3) is 3.78. The molecule has 31 heavy (non-hydrogen) atoms. The number of aromatic nitrogens is 2. The van der Waals surface area contributed by atoms with Crippen molar-refractivity contribution >= 4 is 43.5 Å². The Bertz CT molecular complexity index is 1190. The lowest BCUT2D eigenvalue weighted by Crippen LogP contribution is -2.53. The molecule has 1 atom stereocenters. The number of piperazine rings is 1. The number of nitrogens with zero attached hydrogens (tertiary/aromatic N) is 4. The van der Waals surface area contributed by atoms with Gasteiger partial charge in [0.15, 0.2) is 0 Å². The van der Waals surface area contributed by atoms with Crippen LogP contribution in [0.3, 0.4) is 0 Å². The molecule has 8 nitrogen and oxygen atoms in total. The average Bonchev–Trinajstić information content (AvgIpc) is 3.18. The van der Waals surface area contributed by atoms with Crippen LogP contribution in [0.15, 0.2) is 29.1 Å². The topological polar surface area (TPSA) is 84.7 Å². The first-order valence-corrected chi connectivity index (χ1v) is 11.4. The molecule has 0 bridgehead atoms. The highest BCUT2D eigenvalue weighted by Crippen LogP contribution is 2.33. The summed E-state index contributed by atoms with van der Waals surface area (Å²) in [5, 5.41) is 6.06. The van der Waals surface area contributed by atoms with E-state index in [0.717, 1.165) is 20.5 Å². The van der Waals surface area contributed by atoms with Crippen LogP contribution in [-0.4, -0.2) is 64.4 Å². The van der Waals surface area contributed by atoms with E-state index in [0.29, 0.717) is 44.6 Å². The summed E-state index contributed by atoms with van der Waals surface area (Å²) in [6, 6.07) is 7.13. The monoisotopic (exact) mass is 442 g/mol. The fourth-order valence-corrected chi connectivity index (χ4v) is 5.21. The summed E-state index contributed by atoms with van der Waals surface area (Å²) < 4.78 is 8.30. The lowest BCUT2D eigenvalue weighted by Gasteiger charge is -2.35. The third-order valence-corrected chi connectivity index (χ3v) is 6.97. The molecule has 3 heterocycles. The van der Waals surface area contributed by atoms with Crippen molar-refractivity contribution in [1.29, 1.82) is 0 Å². The van der Waals surface area contributed by atoms with Gasteiger partial charge in [0.1, 0.15) is 6.04 Å². The van der Waals surface area contributed by atoms with Crippen molar-refractivity contribution in [1.82, 2.24) is 19.6 Å². The molecule has 0 radical (unpaired) electrons. The number of benzene rings is 1. The maximum atomic E-state index is 13.4. The number of fused-ring (bicyclic) bond motifs is 3. The Morgan fingerprint density at radius 2 is 1.81 bits per heavy atom. The van der Waals surface area contributed by atoms with Gasteiger partial charge in [-0.15, -0.1) is 11.3 Å². The molecule has 2 amide bonds. The summed E-state index contributed by atoms with van der Waals surface area (Å²) >= 11 is 1.55. The molecule has 1 aliphatic heterocycles. The minimum Gasteiger partial charge on any atom is -0.450 e. The Hall–Kier alpha value is -2.94. The van der Waals surface area contributed by atoms with Crippen molar-refractivity contribution < 1.29 is 14.3 Å². The molecule has 1 aliphatic rings. The van der Waals surface area contributed by atoms with Gasteiger partial charge in [0.25, 0.3) is 5.56 Å². The molecule has 0 N–H and O–H groups in total. The molecule has 2 aromatic heterocycles. The van der Waals surface area contributed by atoms with Crippen LogP contribution in [0, 0.1) is 6.92 Å². The van der Waals surface area contributed by atoms with Crippen LogP contribution in [-0.2, 0) is 9.53 Å². The highest BCUT2D eigenvalue weighted by molar-refractivity contribution is 7.26. The molecule has 0 saturated carbocycles. The molecule has 4 rings (SSSR count). The Labute approximate surface area is 184 Å². The second-order valence-electron chi connectivity index (χ2n) is 7.57. The second-order valence-corrected chi connectivity index (χ2v) is 8.62. The Balaban J connectivity index is 1.64. The van der Waals surface area contributed by atoms with Gasteiger partial charge in [-0.1, -0.05) is 25.1 Å². The van der Waals surface area contributed by atoms with E-state index in [1.807, 2.05) is 38.1 Å². The van der Waals surface area contributed by atoms with Crippen molar-refractivity contribution in [3.8, 4) is 0 Å². The van der Waals surface area contributed by atoms with E-state index in [-0.39, 0.29) is 17.6 Å². The molecule has 164 valence electrons. The molecule has 1 fully saturated rings. The molecule has 1 saturated heterocycles. The number of amides is 2. The van der Waals surface area contributed by atoms with Gasteiger partial charge in [-0.05, 0) is 26.3 Å². The summed E-state index contributed by atoms with van der Waals surface area (Å²) in [7, 11) is 0. The van der Waals surface area contributed by atoms with Gasteiger partial charge >= 0.3 is 6.09 Å². The van der Waals surface area contributed by atoms with Crippen LogP contribution in [0.4, 0.5) is 4.79 Å². The van der Waals surface area contributed by atoms with Crippen molar-refractivity contribution in [2.45, 2.75) is 33.2 Å². The number of thiophene rings is 1. The number of aryl methyl sites for hydroxylation is 1. The second kappa shape index (κ2) is 8.66. The lowest BCUT2D eigenvalue weighted by molar-refractivity contribution is -0.137. The van der Waals surface area contributed by atoms with Crippen LogP contribution >= 0.6 is 11.3 Å². The number of hydrogen-bond donors (Lipinski definition) is 0. The Morgan fingerprint density at radius 3 is 2.48 bits per heavy atom. The summed E-state index contributed by atoms with van der Waals surface area (Å²) in [6.45, 7) is 7.50. The standard InChI is InChI=1S/C22H26N4O4S/c1-4-16(20(27)24-10-12-25(13-11-24)22(29)30-5-2)26-21(28)18-15-8-6-7-9-17(15)31-19(18)14(3)23-26/h6-9,16H,4-5,10-13H2,1-3H3/t16-/m0/s1.